The van der Waals surface area contributed by atoms with Crippen LogP contribution in [0.2, 0.25) is 0 Å². The van der Waals surface area contributed by atoms with Gasteiger partial charge in [0.05, 0.1) is 6.54 Å². The number of para-hydroxylation sites is 1. The van der Waals surface area contributed by atoms with Crippen LogP contribution in [0.15, 0.2) is 29.8 Å². The van der Waals surface area contributed by atoms with Crippen molar-refractivity contribution < 1.29 is 14.3 Å². The van der Waals surface area contributed by atoms with Gasteiger partial charge in [-0.05, 0) is 6.07 Å². The molecule has 0 radical (unpaired) electrons. The van der Waals surface area contributed by atoms with Gasteiger partial charge in [0.15, 0.2) is 0 Å². The van der Waals surface area contributed by atoms with Crippen molar-refractivity contribution in [2.45, 2.75) is 19.4 Å². The van der Waals surface area contributed by atoms with E-state index in [2.05, 4.69) is 15.5 Å². The molecule has 0 saturated carbocycles. The van der Waals surface area contributed by atoms with Crippen LogP contribution in [0.1, 0.15) is 18.4 Å². The van der Waals surface area contributed by atoms with E-state index in [-0.39, 0.29) is 24.7 Å². The van der Waals surface area contributed by atoms with Gasteiger partial charge in [-0.3, -0.25) is 9.59 Å². The highest BCUT2D eigenvalue weighted by atomic mass is 32.1. The van der Waals surface area contributed by atoms with E-state index in [4.69, 9.17) is 4.74 Å². The number of hydrogen-bond acceptors (Lipinski definition) is 6. The first-order chi connectivity index (χ1) is 11.2. The number of nitrogens with zero attached hydrogens (tertiary/aromatic N) is 3. The molecule has 1 aromatic carbocycles. The van der Waals surface area contributed by atoms with Crippen LogP contribution in [0.4, 0.5) is 5.13 Å². The van der Waals surface area contributed by atoms with E-state index in [0.29, 0.717) is 24.8 Å². The Morgan fingerprint density at radius 2 is 2.17 bits per heavy atom. The van der Waals surface area contributed by atoms with E-state index in [9.17, 15) is 9.59 Å². The molecule has 1 aliphatic rings. The molecule has 7 nitrogen and oxygen atoms in total. The van der Waals surface area contributed by atoms with Crippen molar-refractivity contribution in [3.63, 3.8) is 0 Å². The highest BCUT2D eigenvalue weighted by Crippen LogP contribution is 2.22. The SMILES string of the molecule is O=C(CCC(=O)N1CCOc2ccccc2C1)Nc1nncs1. The van der Waals surface area contributed by atoms with Crippen LogP contribution in [0.5, 0.6) is 5.75 Å². The second-order valence-electron chi connectivity index (χ2n) is 5.06. The number of benzene rings is 1. The molecule has 0 spiro atoms. The summed E-state index contributed by atoms with van der Waals surface area (Å²) in [5.41, 5.74) is 2.52. The van der Waals surface area contributed by atoms with Gasteiger partial charge >= 0.3 is 0 Å². The third-order valence-electron chi connectivity index (χ3n) is 3.48. The molecule has 2 heterocycles. The number of hydrogen-bond donors (Lipinski definition) is 1. The van der Waals surface area contributed by atoms with Crippen LogP contribution in [0.3, 0.4) is 0 Å². The van der Waals surface area contributed by atoms with Crippen LogP contribution in [-0.4, -0.2) is 40.1 Å². The van der Waals surface area contributed by atoms with Crippen molar-refractivity contribution in [2.24, 2.45) is 0 Å². The maximum atomic E-state index is 12.3. The minimum Gasteiger partial charge on any atom is -0.491 e. The van der Waals surface area contributed by atoms with Crippen LogP contribution >= 0.6 is 11.3 Å². The van der Waals surface area contributed by atoms with Gasteiger partial charge in [0.1, 0.15) is 17.9 Å². The van der Waals surface area contributed by atoms with E-state index >= 15 is 0 Å². The van der Waals surface area contributed by atoms with Gasteiger partial charge in [-0.1, -0.05) is 29.5 Å². The summed E-state index contributed by atoms with van der Waals surface area (Å²) in [5.74, 6) is 0.524. The molecule has 8 heteroatoms. The molecular weight excluding hydrogens is 316 g/mol. The molecule has 1 aliphatic heterocycles. The summed E-state index contributed by atoms with van der Waals surface area (Å²) in [6.07, 6.45) is 0.282. The summed E-state index contributed by atoms with van der Waals surface area (Å²) in [7, 11) is 0. The lowest BCUT2D eigenvalue weighted by atomic mass is 10.2. The van der Waals surface area contributed by atoms with Crippen molar-refractivity contribution in [1.82, 2.24) is 15.1 Å². The fourth-order valence-corrected chi connectivity index (χ4v) is 2.79. The number of ether oxygens (including phenoxy) is 1. The smallest absolute Gasteiger partial charge is 0.226 e. The molecule has 3 rings (SSSR count). The number of fused-ring (bicyclic) bond motifs is 1. The number of amides is 2. The lowest BCUT2D eigenvalue weighted by molar-refractivity contribution is -0.133. The number of anilines is 1. The molecular formula is C15H16N4O3S. The van der Waals surface area contributed by atoms with E-state index in [1.165, 1.54) is 16.8 Å². The fourth-order valence-electron chi connectivity index (χ4n) is 2.33. The number of nitrogens with one attached hydrogen (secondary N) is 1. The van der Waals surface area contributed by atoms with Crippen molar-refractivity contribution >= 4 is 28.3 Å². The Bertz CT molecular complexity index is 690. The third kappa shape index (κ3) is 4.04. The first kappa shape index (κ1) is 15.4. The van der Waals surface area contributed by atoms with Crippen LogP contribution < -0.4 is 10.1 Å². The van der Waals surface area contributed by atoms with Gasteiger partial charge < -0.3 is 15.0 Å². The highest BCUT2D eigenvalue weighted by molar-refractivity contribution is 7.13. The Hall–Kier alpha value is -2.48. The molecule has 23 heavy (non-hydrogen) atoms. The van der Waals surface area contributed by atoms with Crippen LogP contribution in [0, 0.1) is 0 Å². The van der Waals surface area contributed by atoms with Gasteiger partial charge in [-0.2, -0.15) is 0 Å². The van der Waals surface area contributed by atoms with Crippen LogP contribution in [0.25, 0.3) is 0 Å². The highest BCUT2D eigenvalue weighted by Gasteiger charge is 2.20. The maximum Gasteiger partial charge on any atom is 0.226 e. The molecule has 2 amide bonds. The molecule has 1 aromatic heterocycles. The van der Waals surface area contributed by atoms with E-state index < -0.39 is 0 Å². The molecule has 0 bridgehead atoms. The average Bonchev–Trinajstić information content (AvgIpc) is 2.96. The summed E-state index contributed by atoms with van der Waals surface area (Å²) < 4.78 is 5.64. The lowest BCUT2D eigenvalue weighted by Crippen LogP contribution is -2.33. The topological polar surface area (TPSA) is 84.4 Å². The Kier molecular flexibility index (Phi) is 4.82. The monoisotopic (exact) mass is 332 g/mol. The number of rotatable bonds is 4. The fraction of sp³-hybridized carbons (Fsp3) is 0.333. The Morgan fingerprint density at radius 3 is 3.00 bits per heavy atom. The predicted molar refractivity (Wildman–Crippen MR) is 85.1 cm³/mol. The molecule has 0 fully saturated rings. The summed E-state index contributed by atoms with van der Waals surface area (Å²) in [4.78, 5) is 25.9. The minimum absolute atomic E-state index is 0.0577. The van der Waals surface area contributed by atoms with Gasteiger partial charge in [0.2, 0.25) is 16.9 Å². The van der Waals surface area contributed by atoms with Gasteiger partial charge in [-0.15, -0.1) is 10.2 Å². The average molecular weight is 332 g/mol. The molecule has 0 unspecified atom stereocenters. The summed E-state index contributed by atoms with van der Waals surface area (Å²) in [6, 6.07) is 7.68. The lowest BCUT2D eigenvalue weighted by Gasteiger charge is -2.19. The van der Waals surface area contributed by atoms with Crippen molar-refractivity contribution in [2.75, 3.05) is 18.5 Å². The summed E-state index contributed by atoms with van der Waals surface area (Å²) >= 11 is 1.24. The normalized spacial score (nSPS) is 13.7. The third-order valence-corrected chi connectivity index (χ3v) is 4.08. The Labute approximate surface area is 137 Å². The standard InChI is InChI=1S/C15H16N4O3S/c20-13(17-15-18-16-10-23-15)5-6-14(21)19-7-8-22-12-4-2-1-3-11(12)9-19/h1-4,10H,5-9H2,(H,17,18,20). The minimum atomic E-state index is -0.235. The molecule has 0 saturated heterocycles. The van der Waals surface area contributed by atoms with Gasteiger partial charge in [0, 0.05) is 24.9 Å². The van der Waals surface area contributed by atoms with Gasteiger partial charge in [-0.25, -0.2) is 0 Å². The Balaban J connectivity index is 1.53. The zero-order valence-corrected chi connectivity index (χ0v) is 13.2. The van der Waals surface area contributed by atoms with Crippen molar-refractivity contribution in [1.29, 1.82) is 0 Å². The summed E-state index contributed by atoms with van der Waals surface area (Å²) in [5, 5.41) is 10.4. The molecule has 1 N–H and O–H groups in total. The molecule has 0 atom stereocenters. The second kappa shape index (κ2) is 7.19. The zero-order valence-electron chi connectivity index (χ0n) is 12.4. The first-order valence-electron chi connectivity index (χ1n) is 7.27. The van der Waals surface area contributed by atoms with E-state index in [0.717, 1.165) is 11.3 Å². The first-order valence-corrected chi connectivity index (χ1v) is 8.15. The van der Waals surface area contributed by atoms with E-state index in [1.807, 2.05) is 24.3 Å². The number of carbonyl (C=O) groups excluding carboxylic acids is 2. The predicted octanol–water partition coefficient (Wildman–Crippen LogP) is 1.68. The molecule has 120 valence electrons. The maximum absolute atomic E-state index is 12.3. The summed E-state index contributed by atoms with van der Waals surface area (Å²) in [6.45, 7) is 1.48. The number of aromatic nitrogens is 2. The largest absolute Gasteiger partial charge is 0.491 e. The Morgan fingerprint density at radius 1 is 1.30 bits per heavy atom. The second-order valence-corrected chi connectivity index (χ2v) is 5.90. The zero-order chi connectivity index (χ0) is 16.1. The molecule has 0 aliphatic carbocycles. The molecule has 2 aromatic rings. The number of carbonyl (C=O) groups is 2. The van der Waals surface area contributed by atoms with E-state index in [1.54, 1.807) is 4.90 Å². The van der Waals surface area contributed by atoms with Crippen LogP contribution in [-0.2, 0) is 16.1 Å². The quantitative estimate of drug-likeness (QED) is 0.921. The van der Waals surface area contributed by atoms with Crippen molar-refractivity contribution in [3.8, 4) is 5.75 Å². The van der Waals surface area contributed by atoms with Gasteiger partial charge in [0.25, 0.3) is 0 Å². The van der Waals surface area contributed by atoms with Crippen molar-refractivity contribution in [3.05, 3.63) is 35.3 Å².